The largest absolute Gasteiger partial charge is 0.309 e. The molecule has 0 unspecified atom stereocenters. The minimum absolute atomic E-state index is 0.790. The minimum atomic E-state index is 0.790. The number of fused-ring (bicyclic) bond motifs is 10. The van der Waals surface area contributed by atoms with Crippen molar-refractivity contribution in [1.82, 2.24) is 28.5 Å². The number of hydrogen-bond acceptors (Lipinski definition) is 2. The Morgan fingerprint density at radius 2 is 0.750 bits per heavy atom. The van der Waals surface area contributed by atoms with Gasteiger partial charge in [-0.25, -0.2) is 0 Å². The molecule has 0 fully saturated rings. The molecule has 0 N–H and O–H groups in total. The molecule has 0 bridgehead atoms. The van der Waals surface area contributed by atoms with E-state index in [-0.39, 0.29) is 0 Å². The second kappa shape index (κ2) is 15.2. The zero-order valence-electron chi connectivity index (χ0n) is 36.8. The van der Waals surface area contributed by atoms with Crippen LogP contribution in [0.5, 0.6) is 0 Å². The number of rotatable bonds is 7. The third kappa shape index (κ3) is 5.64. The van der Waals surface area contributed by atoms with Gasteiger partial charge in [0.25, 0.3) is 0 Å². The van der Waals surface area contributed by atoms with E-state index in [0.717, 1.165) is 84.0 Å². The lowest BCUT2D eigenvalue weighted by Crippen LogP contribution is -2.02. The van der Waals surface area contributed by atoms with Crippen molar-refractivity contribution in [3.63, 3.8) is 0 Å². The fourth-order valence-corrected chi connectivity index (χ4v) is 10.9. The Balaban J connectivity index is 0.987. The van der Waals surface area contributed by atoms with Crippen LogP contribution in [0.3, 0.4) is 0 Å². The van der Waals surface area contributed by atoms with E-state index in [1.807, 2.05) is 12.1 Å². The zero-order valence-corrected chi connectivity index (χ0v) is 36.8. The van der Waals surface area contributed by atoms with Crippen LogP contribution in [0.15, 0.2) is 243 Å². The molecule has 68 heavy (non-hydrogen) atoms. The second-order valence-electron chi connectivity index (χ2n) is 17.4. The standard InChI is InChI=1S/C62H40N6/c1-4-20-41(21-5-1)61-63-64-62(42-22-6-2-7-23-42)68(61)56-37-19-36-55-58(56)49-30-12-17-35-54(49)67(55)51-32-14-10-28-46(51)43-24-18-27-45(40-43)65-53-34-16-13-31-50(53)59-57(65)39-38-48-47-29-11-15-33-52(47)66(60(48)59)44-25-8-3-9-26-44/h1-40H. The summed E-state index contributed by atoms with van der Waals surface area (Å²) in [4.78, 5) is 0. The molecule has 0 amide bonds. The monoisotopic (exact) mass is 868 g/mol. The summed E-state index contributed by atoms with van der Waals surface area (Å²) in [6.07, 6.45) is 0. The minimum Gasteiger partial charge on any atom is -0.309 e. The van der Waals surface area contributed by atoms with Crippen LogP contribution in [0, 0.1) is 0 Å². The highest BCUT2D eigenvalue weighted by Gasteiger charge is 2.25. The van der Waals surface area contributed by atoms with Crippen molar-refractivity contribution in [2.45, 2.75) is 0 Å². The highest BCUT2D eigenvalue weighted by molar-refractivity contribution is 6.26. The van der Waals surface area contributed by atoms with Gasteiger partial charge < -0.3 is 13.7 Å². The van der Waals surface area contributed by atoms with Crippen molar-refractivity contribution in [3.05, 3.63) is 243 Å². The fourth-order valence-electron chi connectivity index (χ4n) is 10.9. The normalized spacial score (nSPS) is 11.8. The lowest BCUT2D eigenvalue weighted by Gasteiger charge is -2.16. The summed E-state index contributed by atoms with van der Waals surface area (Å²) in [5, 5.41) is 16.9. The highest BCUT2D eigenvalue weighted by atomic mass is 15.3. The molecule has 4 heterocycles. The van der Waals surface area contributed by atoms with Crippen LogP contribution in [-0.4, -0.2) is 28.5 Å². The molecular formula is C62H40N6. The molecule has 4 aromatic heterocycles. The van der Waals surface area contributed by atoms with E-state index in [0.29, 0.717) is 0 Å². The van der Waals surface area contributed by atoms with Gasteiger partial charge in [-0.15, -0.1) is 10.2 Å². The molecule has 318 valence electrons. The molecule has 10 aromatic carbocycles. The molecule has 0 aliphatic rings. The molecule has 0 saturated heterocycles. The number of aromatic nitrogens is 6. The van der Waals surface area contributed by atoms with Crippen LogP contribution >= 0.6 is 0 Å². The number of para-hydroxylation sites is 5. The van der Waals surface area contributed by atoms with E-state index in [2.05, 4.69) is 249 Å². The van der Waals surface area contributed by atoms with E-state index in [9.17, 15) is 0 Å². The Morgan fingerprint density at radius 3 is 1.46 bits per heavy atom. The van der Waals surface area contributed by atoms with Gasteiger partial charge in [-0.3, -0.25) is 4.57 Å². The summed E-state index contributed by atoms with van der Waals surface area (Å²) in [5.41, 5.74) is 15.6. The molecule has 6 heteroatoms. The van der Waals surface area contributed by atoms with Crippen molar-refractivity contribution < 1.29 is 0 Å². The summed E-state index contributed by atoms with van der Waals surface area (Å²) in [7, 11) is 0. The first-order valence-corrected chi connectivity index (χ1v) is 23.1. The van der Waals surface area contributed by atoms with Gasteiger partial charge in [0.2, 0.25) is 0 Å². The summed E-state index contributed by atoms with van der Waals surface area (Å²) >= 11 is 0. The van der Waals surface area contributed by atoms with Crippen molar-refractivity contribution >= 4 is 65.4 Å². The third-order valence-corrected chi connectivity index (χ3v) is 13.7. The first kappa shape index (κ1) is 38.1. The van der Waals surface area contributed by atoms with Crippen molar-refractivity contribution in [2.24, 2.45) is 0 Å². The average Bonchev–Trinajstić information content (AvgIpc) is 4.18. The maximum absolute atomic E-state index is 4.86. The Morgan fingerprint density at radius 1 is 0.265 bits per heavy atom. The van der Waals surface area contributed by atoms with Crippen LogP contribution in [0.1, 0.15) is 0 Å². The van der Waals surface area contributed by atoms with E-state index < -0.39 is 0 Å². The van der Waals surface area contributed by atoms with Crippen molar-refractivity contribution in [1.29, 1.82) is 0 Å². The van der Waals surface area contributed by atoms with E-state index in [1.165, 1.54) is 38.1 Å². The van der Waals surface area contributed by atoms with E-state index in [4.69, 9.17) is 10.2 Å². The summed E-state index contributed by atoms with van der Waals surface area (Å²) in [6.45, 7) is 0. The second-order valence-corrected chi connectivity index (χ2v) is 17.4. The molecular weight excluding hydrogens is 829 g/mol. The Bertz CT molecular complexity index is 4190. The van der Waals surface area contributed by atoms with Gasteiger partial charge in [-0.1, -0.05) is 176 Å². The predicted molar refractivity (Wildman–Crippen MR) is 281 cm³/mol. The molecule has 6 nitrogen and oxygen atoms in total. The highest BCUT2D eigenvalue weighted by Crippen LogP contribution is 2.44. The van der Waals surface area contributed by atoms with Crippen LogP contribution in [0.2, 0.25) is 0 Å². The van der Waals surface area contributed by atoms with Gasteiger partial charge in [-0.05, 0) is 72.3 Å². The fraction of sp³-hybridized carbons (Fsp3) is 0. The van der Waals surface area contributed by atoms with Crippen LogP contribution in [0.25, 0.3) is 122 Å². The Labute approximate surface area is 391 Å². The van der Waals surface area contributed by atoms with E-state index in [1.54, 1.807) is 0 Å². The molecule has 0 radical (unpaired) electrons. The summed E-state index contributed by atoms with van der Waals surface area (Å²) < 4.78 is 9.56. The first-order chi connectivity index (χ1) is 33.8. The number of nitrogens with zero attached hydrogens (tertiary/aromatic N) is 6. The van der Waals surface area contributed by atoms with Crippen LogP contribution < -0.4 is 0 Å². The van der Waals surface area contributed by atoms with Gasteiger partial charge in [0.1, 0.15) is 0 Å². The maximum Gasteiger partial charge on any atom is 0.168 e. The Kier molecular flexibility index (Phi) is 8.48. The number of hydrogen-bond donors (Lipinski definition) is 0. The summed E-state index contributed by atoms with van der Waals surface area (Å²) in [6, 6.07) is 87.0. The lowest BCUT2D eigenvalue weighted by molar-refractivity contribution is 1.08. The third-order valence-electron chi connectivity index (χ3n) is 13.7. The molecule has 0 aliphatic heterocycles. The lowest BCUT2D eigenvalue weighted by atomic mass is 10.0. The molecule has 0 atom stereocenters. The van der Waals surface area contributed by atoms with Gasteiger partial charge in [-0.2, -0.15) is 0 Å². The predicted octanol–water partition coefficient (Wildman–Crippen LogP) is 15.6. The van der Waals surface area contributed by atoms with Crippen molar-refractivity contribution in [3.8, 4) is 56.7 Å². The summed E-state index contributed by atoms with van der Waals surface area (Å²) in [5.74, 6) is 1.58. The first-order valence-electron chi connectivity index (χ1n) is 23.1. The molecule has 0 saturated carbocycles. The van der Waals surface area contributed by atoms with E-state index >= 15 is 0 Å². The molecule has 14 rings (SSSR count). The number of benzene rings is 10. The quantitative estimate of drug-likeness (QED) is 0.160. The van der Waals surface area contributed by atoms with Gasteiger partial charge in [0, 0.05) is 60.4 Å². The topological polar surface area (TPSA) is 45.5 Å². The molecule has 0 aliphatic carbocycles. The smallest absolute Gasteiger partial charge is 0.168 e. The van der Waals surface area contributed by atoms with Crippen molar-refractivity contribution in [2.75, 3.05) is 0 Å². The maximum atomic E-state index is 4.86. The Hall–Kier alpha value is -9.26. The van der Waals surface area contributed by atoms with Crippen LogP contribution in [0.4, 0.5) is 0 Å². The molecule has 0 spiro atoms. The van der Waals surface area contributed by atoms with Gasteiger partial charge >= 0.3 is 0 Å². The van der Waals surface area contributed by atoms with Gasteiger partial charge in [0.05, 0.1) is 44.5 Å². The average molecular weight is 869 g/mol. The van der Waals surface area contributed by atoms with Crippen LogP contribution in [-0.2, 0) is 0 Å². The van der Waals surface area contributed by atoms with Gasteiger partial charge in [0.15, 0.2) is 11.6 Å². The zero-order chi connectivity index (χ0) is 44.7. The SMILES string of the molecule is c1ccc(-c2nnc(-c3ccccc3)n2-c2cccc3c2c2ccccc2n3-c2ccccc2-c2cccc(-n3c4ccccc4c4c3ccc3c5ccccc5n(-c5ccccc5)c34)c2)cc1. The molecule has 14 aromatic rings.